The molecule has 0 heterocycles. The monoisotopic (exact) mass is 320 g/mol. The van der Waals surface area contributed by atoms with Gasteiger partial charge in [-0.25, -0.2) is 4.39 Å². The van der Waals surface area contributed by atoms with Crippen molar-refractivity contribution in [3.8, 4) is 0 Å². The van der Waals surface area contributed by atoms with Gasteiger partial charge < -0.3 is 0 Å². The fourth-order valence-electron chi connectivity index (χ4n) is 3.88. The van der Waals surface area contributed by atoms with Gasteiger partial charge in [0.05, 0.1) is 0 Å². The van der Waals surface area contributed by atoms with Crippen LogP contribution in [-0.2, 0) is 0 Å². The number of halogens is 1. The van der Waals surface area contributed by atoms with E-state index in [0.717, 1.165) is 6.42 Å². The molecular weight excluding hydrogens is 295 g/mol. The highest BCUT2D eigenvalue weighted by atomic mass is 19.1. The van der Waals surface area contributed by atoms with Gasteiger partial charge in [0, 0.05) is 5.92 Å². The minimum atomic E-state index is -0.174. The van der Waals surface area contributed by atoms with Gasteiger partial charge in [-0.15, -0.1) is 0 Å². The van der Waals surface area contributed by atoms with Crippen molar-refractivity contribution in [2.24, 2.45) is 0 Å². The Morgan fingerprint density at radius 3 is 2.21 bits per heavy atom. The van der Waals surface area contributed by atoms with Crippen molar-refractivity contribution < 1.29 is 4.39 Å². The summed E-state index contributed by atoms with van der Waals surface area (Å²) < 4.78 is 13.4. The lowest BCUT2D eigenvalue weighted by Crippen LogP contribution is -2.01. The van der Waals surface area contributed by atoms with Crippen LogP contribution in [0.15, 0.2) is 71.3 Å². The van der Waals surface area contributed by atoms with Crippen LogP contribution >= 0.6 is 0 Å². The van der Waals surface area contributed by atoms with E-state index in [1.807, 2.05) is 12.1 Å². The molecule has 1 unspecified atom stereocenters. The summed E-state index contributed by atoms with van der Waals surface area (Å²) in [6.07, 6.45) is 3.54. The van der Waals surface area contributed by atoms with E-state index in [-0.39, 0.29) is 11.7 Å². The first kappa shape index (κ1) is 16.7. The van der Waals surface area contributed by atoms with Crippen LogP contribution < -0.4 is 0 Å². The molecule has 2 aromatic rings. The second kappa shape index (κ2) is 7.17. The summed E-state index contributed by atoms with van der Waals surface area (Å²) in [6.45, 7) is 6.73. The lowest BCUT2D eigenvalue weighted by atomic mass is 9.84. The number of hydrogen-bond donors (Lipinski definition) is 0. The molecule has 0 N–H and O–H groups in total. The van der Waals surface area contributed by atoms with Crippen LogP contribution in [0.25, 0.3) is 5.57 Å². The molecule has 1 heteroatoms. The molecule has 0 aromatic heterocycles. The average molecular weight is 320 g/mol. The average Bonchev–Trinajstić information content (AvgIpc) is 2.85. The molecule has 0 fully saturated rings. The number of benzene rings is 2. The highest BCUT2D eigenvalue weighted by molar-refractivity contribution is 5.84. The molecule has 0 amide bonds. The number of unbranched alkanes of at least 4 members (excludes halogenated alkanes) is 1. The molecule has 0 radical (unpaired) electrons. The Morgan fingerprint density at radius 1 is 0.917 bits per heavy atom. The molecule has 0 saturated carbocycles. The molecule has 124 valence electrons. The zero-order valence-electron chi connectivity index (χ0n) is 14.8. The van der Waals surface area contributed by atoms with Crippen LogP contribution in [0.1, 0.15) is 57.1 Å². The van der Waals surface area contributed by atoms with Crippen LogP contribution in [0, 0.1) is 5.82 Å². The van der Waals surface area contributed by atoms with E-state index in [1.165, 1.54) is 46.3 Å². The Labute approximate surface area is 144 Å². The van der Waals surface area contributed by atoms with Gasteiger partial charge in [0.25, 0.3) is 0 Å². The molecule has 24 heavy (non-hydrogen) atoms. The van der Waals surface area contributed by atoms with Gasteiger partial charge in [0.2, 0.25) is 0 Å². The maximum Gasteiger partial charge on any atom is 0.123 e. The third-order valence-corrected chi connectivity index (χ3v) is 5.12. The van der Waals surface area contributed by atoms with Crippen molar-refractivity contribution in [2.75, 3.05) is 0 Å². The van der Waals surface area contributed by atoms with Gasteiger partial charge in [0.1, 0.15) is 5.82 Å². The van der Waals surface area contributed by atoms with E-state index in [0.29, 0.717) is 0 Å². The first-order valence-corrected chi connectivity index (χ1v) is 8.85. The molecule has 1 aliphatic carbocycles. The summed E-state index contributed by atoms with van der Waals surface area (Å²) in [7, 11) is 0. The van der Waals surface area contributed by atoms with Gasteiger partial charge in [-0.3, -0.25) is 0 Å². The molecule has 0 aliphatic heterocycles. The Bertz CT molecular complexity index is 763. The van der Waals surface area contributed by atoms with E-state index in [1.54, 1.807) is 12.1 Å². The summed E-state index contributed by atoms with van der Waals surface area (Å²) in [5.74, 6) is 0.0615. The molecule has 0 nitrogen and oxygen atoms in total. The van der Waals surface area contributed by atoms with E-state index in [9.17, 15) is 4.39 Å². The molecular formula is C23H25F. The normalized spacial score (nSPS) is 17.8. The molecule has 0 saturated heterocycles. The topological polar surface area (TPSA) is 0 Å². The zero-order chi connectivity index (χ0) is 17.1. The Hall–Kier alpha value is -2.15. The Morgan fingerprint density at radius 2 is 1.58 bits per heavy atom. The van der Waals surface area contributed by atoms with E-state index in [4.69, 9.17) is 0 Å². The lowest BCUT2D eigenvalue weighted by Gasteiger charge is -2.19. The maximum absolute atomic E-state index is 13.4. The van der Waals surface area contributed by atoms with Gasteiger partial charge in [-0.1, -0.05) is 61.4 Å². The molecule has 0 spiro atoms. The largest absolute Gasteiger partial charge is 0.207 e. The summed E-state index contributed by atoms with van der Waals surface area (Å²) >= 11 is 0. The molecule has 0 bridgehead atoms. The Kier molecular flexibility index (Phi) is 4.99. The highest BCUT2D eigenvalue weighted by Crippen LogP contribution is 2.49. The zero-order valence-corrected chi connectivity index (χ0v) is 14.8. The fraction of sp³-hybridized carbons (Fsp3) is 0.304. The standard InChI is InChI=1S/C23H25F/c1-4-5-11-21-16(2)22(18-9-7-6-8-10-18)23(17(21)3)19-12-14-20(24)15-13-19/h6-10,12-15,23H,4-5,11H2,1-3H3. The molecule has 1 aliphatic rings. The minimum Gasteiger partial charge on any atom is -0.207 e. The SMILES string of the molecule is CCCCC1=C(C)C(c2ccc(F)cc2)C(c2ccccc2)=C1C. The highest BCUT2D eigenvalue weighted by Gasteiger charge is 2.30. The third kappa shape index (κ3) is 3.08. The summed E-state index contributed by atoms with van der Waals surface area (Å²) in [5, 5.41) is 0. The Balaban J connectivity index is 2.11. The quantitative estimate of drug-likeness (QED) is 0.562. The summed E-state index contributed by atoms with van der Waals surface area (Å²) in [5.41, 5.74) is 8.15. The summed E-state index contributed by atoms with van der Waals surface area (Å²) in [6, 6.07) is 17.6. The van der Waals surface area contributed by atoms with Gasteiger partial charge in [-0.05, 0) is 66.7 Å². The molecule has 1 atom stereocenters. The van der Waals surface area contributed by atoms with Crippen molar-refractivity contribution in [1.82, 2.24) is 0 Å². The van der Waals surface area contributed by atoms with Crippen LogP contribution in [0.5, 0.6) is 0 Å². The van der Waals surface area contributed by atoms with Gasteiger partial charge >= 0.3 is 0 Å². The third-order valence-electron chi connectivity index (χ3n) is 5.12. The van der Waals surface area contributed by atoms with Crippen LogP contribution in [0.4, 0.5) is 4.39 Å². The fourth-order valence-corrected chi connectivity index (χ4v) is 3.88. The lowest BCUT2D eigenvalue weighted by molar-refractivity contribution is 0.627. The van der Waals surface area contributed by atoms with Crippen molar-refractivity contribution >= 4 is 5.57 Å². The van der Waals surface area contributed by atoms with Crippen molar-refractivity contribution in [1.29, 1.82) is 0 Å². The summed E-state index contributed by atoms with van der Waals surface area (Å²) in [4.78, 5) is 0. The second-order valence-corrected chi connectivity index (χ2v) is 6.65. The maximum atomic E-state index is 13.4. The van der Waals surface area contributed by atoms with E-state index >= 15 is 0 Å². The predicted molar refractivity (Wildman–Crippen MR) is 100 cm³/mol. The van der Waals surface area contributed by atoms with Gasteiger partial charge in [0.15, 0.2) is 0 Å². The van der Waals surface area contributed by atoms with Gasteiger partial charge in [-0.2, -0.15) is 0 Å². The van der Waals surface area contributed by atoms with Crippen molar-refractivity contribution in [2.45, 2.75) is 46.0 Å². The molecule has 3 rings (SSSR count). The van der Waals surface area contributed by atoms with Crippen LogP contribution in [-0.4, -0.2) is 0 Å². The smallest absolute Gasteiger partial charge is 0.123 e. The van der Waals surface area contributed by atoms with Crippen LogP contribution in [0.2, 0.25) is 0 Å². The number of rotatable bonds is 5. The van der Waals surface area contributed by atoms with Crippen molar-refractivity contribution in [3.05, 3.63) is 88.3 Å². The van der Waals surface area contributed by atoms with Crippen LogP contribution in [0.3, 0.4) is 0 Å². The first-order chi connectivity index (χ1) is 11.6. The molecule has 2 aromatic carbocycles. The first-order valence-electron chi connectivity index (χ1n) is 8.85. The number of allylic oxidation sites excluding steroid dienone is 4. The van der Waals surface area contributed by atoms with E-state index in [2.05, 4.69) is 51.1 Å². The minimum absolute atomic E-state index is 0.174. The van der Waals surface area contributed by atoms with E-state index < -0.39 is 0 Å². The predicted octanol–water partition coefficient (Wildman–Crippen LogP) is 6.90. The van der Waals surface area contributed by atoms with Crippen molar-refractivity contribution in [3.63, 3.8) is 0 Å². The second-order valence-electron chi connectivity index (χ2n) is 6.65. The number of hydrogen-bond acceptors (Lipinski definition) is 0.